The van der Waals surface area contributed by atoms with E-state index in [9.17, 15) is 21.6 Å². The highest BCUT2D eigenvalue weighted by Gasteiger charge is 2.39. The number of piperazine rings is 1. The van der Waals surface area contributed by atoms with Crippen molar-refractivity contribution in [2.24, 2.45) is 0 Å². The Hall–Kier alpha value is -2.73. The average molecular weight is 478 g/mol. The third-order valence-corrected chi connectivity index (χ3v) is 8.91. The Labute approximate surface area is 186 Å². The van der Waals surface area contributed by atoms with Crippen molar-refractivity contribution in [2.75, 3.05) is 32.8 Å². The first-order valence-corrected chi connectivity index (χ1v) is 13.0. The third kappa shape index (κ3) is 3.71. The first kappa shape index (κ1) is 22.5. The zero-order valence-electron chi connectivity index (χ0n) is 17.4. The Morgan fingerprint density at radius 2 is 1.56 bits per heavy atom. The number of fused-ring (bicyclic) bond motifs is 1. The van der Waals surface area contributed by atoms with Gasteiger partial charge in [0.05, 0.1) is 17.0 Å². The van der Waals surface area contributed by atoms with E-state index in [4.69, 9.17) is 4.74 Å². The molecule has 2 aromatic carbocycles. The summed E-state index contributed by atoms with van der Waals surface area (Å²) in [7, 11) is -8.51. The van der Waals surface area contributed by atoms with Crippen molar-refractivity contribution in [1.82, 2.24) is 13.6 Å². The lowest BCUT2D eigenvalue weighted by atomic mass is 10.2. The van der Waals surface area contributed by atoms with Crippen molar-refractivity contribution in [1.29, 1.82) is 0 Å². The number of hydrogen-bond acceptors (Lipinski definition) is 7. The van der Waals surface area contributed by atoms with Gasteiger partial charge in [0.1, 0.15) is 4.90 Å². The number of sulfonamides is 1. The number of ether oxygens (including phenoxy) is 1. The number of aromatic nitrogens is 1. The van der Waals surface area contributed by atoms with Crippen LogP contribution in [0.25, 0.3) is 10.9 Å². The molecule has 11 heteroatoms. The number of nitrogens with one attached hydrogen (secondary N) is 1. The summed E-state index contributed by atoms with van der Waals surface area (Å²) in [6.07, 6.45) is 0. The lowest BCUT2D eigenvalue weighted by molar-refractivity contribution is 0.0513. The molecule has 3 aromatic rings. The molecule has 1 N–H and O–H groups in total. The molecule has 0 radical (unpaired) electrons. The fourth-order valence-corrected chi connectivity index (χ4v) is 7.17. The monoisotopic (exact) mass is 477 g/mol. The number of hydrogen-bond donors (Lipinski definition) is 1. The number of nitrogens with zero attached hydrogens (tertiary/aromatic N) is 2. The molecule has 1 aliphatic heterocycles. The molecule has 0 unspecified atom stereocenters. The van der Waals surface area contributed by atoms with Crippen molar-refractivity contribution >= 4 is 36.9 Å². The molecule has 0 atom stereocenters. The van der Waals surface area contributed by atoms with E-state index < -0.39 is 31.7 Å². The van der Waals surface area contributed by atoms with Crippen LogP contribution in [0.2, 0.25) is 0 Å². The van der Waals surface area contributed by atoms with Gasteiger partial charge in [0.25, 0.3) is 10.0 Å². The largest absolute Gasteiger partial charge is 0.461 e. The predicted molar refractivity (Wildman–Crippen MR) is 119 cm³/mol. The topological polar surface area (TPSA) is 115 Å². The molecule has 1 fully saturated rings. The summed E-state index contributed by atoms with van der Waals surface area (Å²) in [4.78, 5) is 12.6. The van der Waals surface area contributed by atoms with E-state index in [0.29, 0.717) is 13.1 Å². The Morgan fingerprint density at radius 1 is 0.938 bits per heavy atom. The highest BCUT2D eigenvalue weighted by Crippen LogP contribution is 2.35. The van der Waals surface area contributed by atoms with Crippen LogP contribution in [0.5, 0.6) is 0 Å². The summed E-state index contributed by atoms with van der Waals surface area (Å²) in [5.74, 6) is -1.02. The molecule has 1 saturated heterocycles. The van der Waals surface area contributed by atoms with Crippen molar-refractivity contribution in [3.8, 4) is 0 Å². The number of carbonyl (C=O) groups is 1. The van der Waals surface area contributed by atoms with E-state index in [-0.39, 0.29) is 40.4 Å². The summed E-state index contributed by atoms with van der Waals surface area (Å²) < 4.78 is 61.8. The maximum absolute atomic E-state index is 13.7. The molecule has 0 aliphatic carbocycles. The van der Waals surface area contributed by atoms with Crippen LogP contribution in [0.15, 0.2) is 64.4 Å². The summed E-state index contributed by atoms with van der Waals surface area (Å²) in [5, 5.41) is 3.23. The summed E-state index contributed by atoms with van der Waals surface area (Å²) in [6, 6.07) is 13.7. The Morgan fingerprint density at radius 3 is 2.22 bits per heavy atom. The molecule has 1 aromatic heterocycles. The fourth-order valence-electron chi connectivity index (χ4n) is 3.78. The average Bonchev–Trinajstić information content (AvgIpc) is 3.17. The Kier molecular flexibility index (Phi) is 6.08. The van der Waals surface area contributed by atoms with E-state index in [0.717, 1.165) is 3.97 Å². The van der Waals surface area contributed by atoms with Gasteiger partial charge in [-0.3, -0.25) is 0 Å². The highest BCUT2D eigenvalue weighted by molar-refractivity contribution is 7.91. The highest BCUT2D eigenvalue weighted by atomic mass is 32.2. The Balaban J connectivity index is 2.10. The van der Waals surface area contributed by atoms with Crippen LogP contribution in [0.4, 0.5) is 0 Å². The first-order chi connectivity index (χ1) is 15.3. The van der Waals surface area contributed by atoms with E-state index in [1.165, 1.54) is 28.6 Å². The number of carbonyl (C=O) groups excluding carboxylic acids is 1. The maximum Gasteiger partial charge on any atom is 0.357 e. The summed E-state index contributed by atoms with van der Waals surface area (Å²) >= 11 is 0. The summed E-state index contributed by atoms with van der Waals surface area (Å²) in [6.45, 7) is 2.84. The minimum atomic E-state index is -4.31. The fraction of sp³-hybridized carbons (Fsp3) is 0.286. The number of para-hydroxylation sites is 1. The van der Waals surface area contributed by atoms with Crippen molar-refractivity contribution in [3.05, 3.63) is 60.3 Å². The SMILES string of the molecule is CCOC(=O)c1c(S(=O)(=O)N2CCNCC2)c2ccccc2n1S(=O)(=O)c1ccccc1. The second-order valence-electron chi connectivity index (χ2n) is 7.15. The van der Waals surface area contributed by atoms with Gasteiger partial charge in [-0.15, -0.1) is 0 Å². The van der Waals surface area contributed by atoms with Crippen molar-refractivity contribution in [3.63, 3.8) is 0 Å². The molecular formula is C21H23N3O6S2. The minimum Gasteiger partial charge on any atom is -0.461 e. The van der Waals surface area contributed by atoms with Gasteiger partial charge in [-0.25, -0.2) is 25.6 Å². The molecule has 32 heavy (non-hydrogen) atoms. The van der Waals surface area contributed by atoms with E-state index in [1.807, 2.05) is 0 Å². The molecule has 0 spiro atoms. The zero-order chi connectivity index (χ0) is 22.9. The quantitative estimate of drug-likeness (QED) is 0.537. The smallest absolute Gasteiger partial charge is 0.357 e. The zero-order valence-corrected chi connectivity index (χ0v) is 19.0. The molecule has 1 aliphatic rings. The lowest BCUT2D eigenvalue weighted by Gasteiger charge is -2.26. The van der Waals surface area contributed by atoms with Crippen LogP contribution < -0.4 is 5.32 Å². The molecule has 170 valence electrons. The van der Waals surface area contributed by atoms with Gasteiger partial charge in [-0.05, 0) is 25.1 Å². The van der Waals surface area contributed by atoms with Crippen molar-refractivity contribution < 1.29 is 26.4 Å². The van der Waals surface area contributed by atoms with Crippen LogP contribution in [0.1, 0.15) is 17.4 Å². The number of benzene rings is 2. The van der Waals surface area contributed by atoms with Gasteiger partial charge in [0, 0.05) is 31.6 Å². The molecular weight excluding hydrogens is 454 g/mol. The van der Waals surface area contributed by atoms with Gasteiger partial charge >= 0.3 is 5.97 Å². The van der Waals surface area contributed by atoms with Crippen LogP contribution in [-0.4, -0.2) is 63.9 Å². The second kappa shape index (κ2) is 8.66. The number of esters is 1. The molecule has 4 rings (SSSR count). The van der Waals surface area contributed by atoms with Crippen molar-refractivity contribution in [2.45, 2.75) is 16.7 Å². The van der Waals surface area contributed by atoms with E-state index >= 15 is 0 Å². The van der Waals surface area contributed by atoms with Gasteiger partial charge in [-0.1, -0.05) is 36.4 Å². The molecule has 0 saturated carbocycles. The van der Waals surface area contributed by atoms with Gasteiger partial charge in [-0.2, -0.15) is 4.31 Å². The minimum absolute atomic E-state index is 0.0428. The lowest BCUT2D eigenvalue weighted by Crippen LogP contribution is -2.46. The maximum atomic E-state index is 13.7. The molecule has 0 amide bonds. The molecule has 9 nitrogen and oxygen atoms in total. The van der Waals surface area contributed by atoms with Crippen LogP contribution >= 0.6 is 0 Å². The standard InChI is InChI=1S/C21H23N3O6S2/c1-2-30-21(25)19-20(32(28,29)23-14-12-22-13-15-23)17-10-6-7-11-18(17)24(19)31(26,27)16-8-4-3-5-9-16/h3-11,22H,2,12-15H2,1H3. The number of rotatable bonds is 6. The third-order valence-electron chi connectivity index (χ3n) is 5.21. The van der Waals surface area contributed by atoms with E-state index in [1.54, 1.807) is 37.3 Å². The van der Waals surface area contributed by atoms with Crippen LogP contribution in [-0.2, 0) is 24.8 Å². The molecule has 0 bridgehead atoms. The first-order valence-electron chi connectivity index (χ1n) is 10.1. The molecule has 2 heterocycles. The van der Waals surface area contributed by atoms with Gasteiger partial charge in [0.2, 0.25) is 10.0 Å². The summed E-state index contributed by atoms with van der Waals surface area (Å²) in [5.41, 5.74) is -0.427. The van der Waals surface area contributed by atoms with Crippen LogP contribution in [0.3, 0.4) is 0 Å². The van der Waals surface area contributed by atoms with Crippen LogP contribution in [0, 0.1) is 0 Å². The predicted octanol–water partition coefficient (Wildman–Crippen LogP) is 1.65. The van der Waals surface area contributed by atoms with Gasteiger partial charge < -0.3 is 10.1 Å². The van der Waals surface area contributed by atoms with E-state index in [2.05, 4.69) is 5.32 Å². The van der Waals surface area contributed by atoms with Gasteiger partial charge in [0.15, 0.2) is 5.69 Å². The normalized spacial score (nSPS) is 15.7. The second-order valence-corrected chi connectivity index (χ2v) is 10.8. The Bertz CT molecular complexity index is 1360.